The van der Waals surface area contributed by atoms with Crippen LogP contribution in [0.25, 0.3) is 0 Å². The molecule has 0 amide bonds. The summed E-state index contributed by atoms with van der Waals surface area (Å²) >= 11 is 0. The van der Waals surface area contributed by atoms with Crippen LogP contribution in [0.15, 0.2) is 23.4 Å². The lowest BCUT2D eigenvalue weighted by atomic mass is 10.1. The van der Waals surface area contributed by atoms with Gasteiger partial charge >= 0.3 is 0 Å². The van der Waals surface area contributed by atoms with Crippen LogP contribution < -0.4 is 10.0 Å². The van der Waals surface area contributed by atoms with Crippen molar-refractivity contribution in [3.8, 4) is 0 Å². The van der Waals surface area contributed by atoms with Gasteiger partial charge in [0.25, 0.3) is 0 Å². The van der Waals surface area contributed by atoms with Crippen molar-refractivity contribution in [2.45, 2.75) is 11.3 Å². The average molecular weight is 319 g/mol. The SMILES string of the molecule is CNc1ccncc1S(=O)(=O)NCC1CCS(=O)(=O)C1. The molecule has 1 aliphatic rings. The van der Waals surface area contributed by atoms with Crippen LogP contribution in [-0.2, 0) is 19.9 Å². The molecule has 1 saturated heterocycles. The van der Waals surface area contributed by atoms with Crippen molar-refractivity contribution in [2.24, 2.45) is 5.92 Å². The molecule has 7 nitrogen and oxygen atoms in total. The number of hydrogen-bond donors (Lipinski definition) is 2. The van der Waals surface area contributed by atoms with E-state index < -0.39 is 19.9 Å². The minimum Gasteiger partial charge on any atom is -0.387 e. The Kier molecular flexibility index (Phi) is 4.31. The van der Waals surface area contributed by atoms with Crippen molar-refractivity contribution < 1.29 is 16.8 Å². The summed E-state index contributed by atoms with van der Waals surface area (Å²) in [4.78, 5) is 3.87. The summed E-state index contributed by atoms with van der Waals surface area (Å²) in [6.45, 7) is 0.125. The molecule has 0 spiro atoms. The Balaban J connectivity index is 2.08. The Morgan fingerprint density at radius 1 is 1.45 bits per heavy atom. The first-order valence-electron chi connectivity index (χ1n) is 6.16. The van der Waals surface area contributed by atoms with Gasteiger partial charge in [-0.1, -0.05) is 0 Å². The fraction of sp³-hybridized carbons (Fsp3) is 0.545. The van der Waals surface area contributed by atoms with E-state index >= 15 is 0 Å². The lowest BCUT2D eigenvalue weighted by Gasteiger charge is -2.12. The van der Waals surface area contributed by atoms with Gasteiger partial charge in [-0.2, -0.15) is 0 Å². The minimum atomic E-state index is -3.70. The summed E-state index contributed by atoms with van der Waals surface area (Å²) in [5.41, 5.74) is 0.451. The molecule has 0 aromatic carbocycles. The van der Waals surface area contributed by atoms with Gasteiger partial charge in [0.15, 0.2) is 9.84 Å². The van der Waals surface area contributed by atoms with E-state index in [1.807, 2.05) is 0 Å². The smallest absolute Gasteiger partial charge is 0.244 e. The number of nitrogens with one attached hydrogen (secondary N) is 2. The van der Waals surface area contributed by atoms with Gasteiger partial charge in [-0.05, 0) is 18.4 Å². The second-order valence-corrected chi connectivity index (χ2v) is 8.71. The fourth-order valence-corrected chi connectivity index (χ4v) is 5.27. The molecule has 0 aliphatic carbocycles. The van der Waals surface area contributed by atoms with Gasteiger partial charge < -0.3 is 5.32 Å². The van der Waals surface area contributed by atoms with E-state index in [0.29, 0.717) is 12.1 Å². The molecule has 1 unspecified atom stereocenters. The third kappa shape index (κ3) is 3.47. The number of hydrogen-bond acceptors (Lipinski definition) is 6. The van der Waals surface area contributed by atoms with Crippen molar-refractivity contribution in [2.75, 3.05) is 30.4 Å². The standard InChI is InChI=1S/C11H17N3O4S2/c1-12-10-2-4-13-7-11(10)20(17,18)14-6-9-3-5-19(15,16)8-9/h2,4,7,9,14H,3,5-6,8H2,1H3,(H,12,13). The summed E-state index contributed by atoms with van der Waals surface area (Å²) in [5.74, 6) is 0.0136. The maximum Gasteiger partial charge on any atom is 0.244 e. The van der Waals surface area contributed by atoms with Gasteiger partial charge in [0.1, 0.15) is 4.90 Å². The zero-order valence-corrected chi connectivity index (χ0v) is 12.7. The van der Waals surface area contributed by atoms with Gasteiger partial charge in [0, 0.05) is 26.0 Å². The second-order valence-electron chi connectivity index (χ2n) is 4.74. The van der Waals surface area contributed by atoms with E-state index in [4.69, 9.17) is 0 Å². The molecule has 2 N–H and O–H groups in total. The number of sulfone groups is 1. The maximum atomic E-state index is 12.2. The van der Waals surface area contributed by atoms with E-state index in [9.17, 15) is 16.8 Å². The molecule has 2 heterocycles. The Hall–Kier alpha value is -1.19. The zero-order valence-electron chi connectivity index (χ0n) is 11.0. The number of rotatable bonds is 5. The van der Waals surface area contributed by atoms with Gasteiger partial charge in [-0.3, -0.25) is 4.98 Å². The van der Waals surface area contributed by atoms with E-state index in [-0.39, 0.29) is 28.9 Å². The first kappa shape index (κ1) is 15.2. The fourth-order valence-electron chi connectivity index (χ4n) is 2.14. The maximum absolute atomic E-state index is 12.2. The molecule has 112 valence electrons. The largest absolute Gasteiger partial charge is 0.387 e. The first-order valence-corrected chi connectivity index (χ1v) is 9.46. The normalized spacial score (nSPS) is 21.8. The summed E-state index contributed by atoms with van der Waals surface area (Å²) in [6.07, 6.45) is 3.25. The van der Waals surface area contributed by atoms with Crippen molar-refractivity contribution in [3.05, 3.63) is 18.5 Å². The minimum absolute atomic E-state index is 0.0431. The van der Waals surface area contributed by atoms with Crippen LogP contribution in [0.3, 0.4) is 0 Å². The number of nitrogens with zero attached hydrogens (tertiary/aromatic N) is 1. The Morgan fingerprint density at radius 3 is 2.80 bits per heavy atom. The molecular formula is C11H17N3O4S2. The quantitative estimate of drug-likeness (QED) is 0.781. The lowest BCUT2D eigenvalue weighted by molar-refractivity contribution is 0.543. The van der Waals surface area contributed by atoms with Crippen LogP contribution in [0.5, 0.6) is 0 Å². The molecule has 2 rings (SSSR count). The summed E-state index contributed by atoms with van der Waals surface area (Å²) in [7, 11) is -5.07. The highest BCUT2D eigenvalue weighted by Crippen LogP contribution is 2.21. The topological polar surface area (TPSA) is 105 Å². The van der Waals surface area contributed by atoms with Crippen LogP contribution in [0, 0.1) is 5.92 Å². The lowest BCUT2D eigenvalue weighted by Crippen LogP contribution is -2.30. The number of aromatic nitrogens is 1. The van der Waals surface area contributed by atoms with Gasteiger partial charge in [-0.15, -0.1) is 0 Å². The molecule has 9 heteroatoms. The zero-order chi connectivity index (χ0) is 14.8. The van der Waals surface area contributed by atoms with E-state index in [0.717, 1.165) is 0 Å². The van der Waals surface area contributed by atoms with Crippen molar-refractivity contribution >= 4 is 25.5 Å². The third-order valence-electron chi connectivity index (χ3n) is 3.23. The van der Waals surface area contributed by atoms with Crippen LogP contribution >= 0.6 is 0 Å². The Morgan fingerprint density at radius 2 is 2.20 bits per heavy atom. The summed E-state index contributed by atoms with van der Waals surface area (Å²) in [6, 6.07) is 1.56. The first-order chi connectivity index (χ1) is 9.34. The van der Waals surface area contributed by atoms with Crippen molar-refractivity contribution in [1.29, 1.82) is 0 Å². The molecule has 0 saturated carbocycles. The van der Waals surface area contributed by atoms with E-state index in [1.165, 1.54) is 12.4 Å². The highest BCUT2D eigenvalue weighted by Gasteiger charge is 2.29. The number of anilines is 1. The van der Waals surface area contributed by atoms with Gasteiger partial charge in [0.05, 0.1) is 17.2 Å². The van der Waals surface area contributed by atoms with Crippen LogP contribution in [0.2, 0.25) is 0 Å². The highest BCUT2D eigenvalue weighted by molar-refractivity contribution is 7.91. The summed E-state index contributed by atoms with van der Waals surface area (Å²) < 4.78 is 49.5. The molecule has 1 aliphatic heterocycles. The van der Waals surface area contributed by atoms with Crippen LogP contribution in [0.1, 0.15) is 6.42 Å². The predicted molar refractivity (Wildman–Crippen MR) is 75.7 cm³/mol. The number of pyridine rings is 1. The Bertz CT molecular complexity index is 685. The van der Waals surface area contributed by atoms with Gasteiger partial charge in [-0.25, -0.2) is 21.6 Å². The Labute approximate surface area is 118 Å². The monoisotopic (exact) mass is 319 g/mol. The van der Waals surface area contributed by atoms with E-state index in [2.05, 4.69) is 15.0 Å². The van der Waals surface area contributed by atoms with E-state index in [1.54, 1.807) is 13.1 Å². The van der Waals surface area contributed by atoms with Crippen LogP contribution in [0.4, 0.5) is 5.69 Å². The molecule has 20 heavy (non-hydrogen) atoms. The molecule has 1 aromatic heterocycles. The average Bonchev–Trinajstić information content (AvgIpc) is 2.76. The van der Waals surface area contributed by atoms with Crippen LogP contribution in [-0.4, -0.2) is 46.9 Å². The second kappa shape index (κ2) is 5.66. The molecule has 1 aromatic rings. The highest BCUT2D eigenvalue weighted by atomic mass is 32.2. The molecule has 0 bridgehead atoms. The molecule has 0 radical (unpaired) electrons. The van der Waals surface area contributed by atoms with Crippen molar-refractivity contribution in [3.63, 3.8) is 0 Å². The van der Waals surface area contributed by atoms with Gasteiger partial charge in [0.2, 0.25) is 10.0 Å². The molecule has 1 atom stereocenters. The number of sulfonamides is 1. The predicted octanol–water partition coefficient (Wildman–Crippen LogP) is -0.164. The molecular weight excluding hydrogens is 302 g/mol. The summed E-state index contributed by atoms with van der Waals surface area (Å²) in [5, 5.41) is 2.79. The molecule has 1 fully saturated rings. The third-order valence-corrected chi connectivity index (χ3v) is 6.52. The van der Waals surface area contributed by atoms with Crippen molar-refractivity contribution in [1.82, 2.24) is 9.71 Å².